The number of ether oxygens (including phenoxy) is 3. The minimum absolute atomic E-state index is 0.240. The highest BCUT2D eigenvalue weighted by Gasteiger charge is 2.20. The van der Waals surface area contributed by atoms with E-state index in [-0.39, 0.29) is 6.79 Å². The molecule has 0 unspecified atom stereocenters. The van der Waals surface area contributed by atoms with Crippen molar-refractivity contribution in [1.29, 1.82) is 0 Å². The lowest BCUT2D eigenvalue weighted by Gasteiger charge is -2.11. The van der Waals surface area contributed by atoms with Crippen molar-refractivity contribution in [3.05, 3.63) is 77.3 Å². The molecule has 5 rings (SSSR count). The average Bonchev–Trinajstić information content (AvgIpc) is 3.45. The molecular formula is C23H18BrN3O3S. The van der Waals surface area contributed by atoms with Crippen molar-refractivity contribution in [2.24, 2.45) is 0 Å². The number of aromatic nitrogens is 3. The molecule has 0 saturated carbocycles. The molecule has 1 aliphatic heterocycles. The topological polar surface area (TPSA) is 58.4 Å². The first-order valence-electron chi connectivity index (χ1n) is 9.70. The monoisotopic (exact) mass is 495 g/mol. The summed E-state index contributed by atoms with van der Waals surface area (Å²) in [7, 11) is 0. The highest BCUT2D eigenvalue weighted by Crippen LogP contribution is 2.37. The lowest BCUT2D eigenvalue weighted by atomic mass is 10.2. The summed E-state index contributed by atoms with van der Waals surface area (Å²) in [6, 6.07) is 23.7. The summed E-state index contributed by atoms with van der Waals surface area (Å²) < 4.78 is 19.9. The number of hydrogen-bond acceptors (Lipinski definition) is 6. The Morgan fingerprint density at radius 2 is 1.74 bits per heavy atom. The first-order chi connectivity index (χ1) is 15.3. The number of hydrogen-bond donors (Lipinski definition) is 0. The van der Waals surface area contributed by atoms with Crippen molar-refractivity contribution < 1.29 is 14.2 Å². The predicted octanol–water partition coefficient (Wildman–Crippen LogP) is 5.60. The lowest BCUT2D eigenvalue weighted by molar-refractivity contribution is 0.174. The molecule has 8 heteroatoms. The third-order valence-corrected chi connectivity index (χ3v) is 6.10. The highest BCUT2D eigenvalue weighted by molar-refractivity contribution is 9.10. The molecule has 0 N–H and O–H groups in total. The van der Waals surface area contributed by atoms with Crippen LogP contribution in [-0.2, 0) is 0 Å². The van der Waals surface area contributed by atoms with Crippen LogP contribution in [0.15, 0.2) is 82.4 Å². The van der Waals surface area contributed by atoms with E-state index in [2.05, 4.69) is 30.7 Å². The maximum atomic E-state index is 5.84. The van der Waals surface area contributed by atoms with Gasteiger partial charge in [0.2, 0.25) is 6.79 Å². The minimum Gasteiger partial charge on any atom is -0.493 e. The fraction of sp³-hybridized carbons (Fsp3) is 0.130. The Balaban J connectivity index is 1.38. The van der Waals surface area contributed by atoms with Gasteiger partial charge in [-0.25, -0.2) is 0 Å². The van der Waals surface area contributed by atoms with E-state index in [1.165, 1.54) is 0 Å². The Kier molecular flexibility index (Phi) is 5.82. The molecular weight excluding hydrogens is 478 g/mol. The number of halogens is 1. The smallest absolute Gasteiger partial charge is 0.231 e. The van der Waals surface area contributed by atoms with Crippen LogP contribution in [0.4, 0.5) is 0 Å². The minimum atomic E-state index is 0.240. The molecule has 1 aliphatic rings. The molecule has 31 heavy (non-hydrogen) atoms. The van der Waals surface area contributed by atoms with E-state index in [0.29, 0.717) is 6.61 Å². The van der Waals surface area contributed by atoms with Crippen LogP contribution in [0.25, 0.3) is 17.1 Å². The van der Waals surface area contributed by atoms with Crippen molar-refractivity contribution in [1.82, 2.24) is 14.8 Å². The van der Waals surface area contributed by atoms with Gasteiger partial charge in [-0.15, -0.1) is 10.2 Å². The molecule has 0 atom stereocenters. The zero-order chi connectivity index (χ0) is 21.0. The van der Waals surface area contributed by atoms with Crippen LogP contribution in [0, 0.1) is 0 Å². The standard InChI is InChI=1S/C23H18BrN3O3S/c24-17-7-9-19(10-8-17)28-12-13-31-23-26-25-22(27(23)18-4-2-1-3-5-18)16-6-11-20-21(14-16)30-15-29-20/h1-11,14H,12-13,15H2. The fourth-order valence-electron chi connectivity index (χ4n) is 3.22. The van der Waals surface area contributed by atoms with Gasteiger partial charge < -0.3 is 14.2 Å². The van der Waals surface area contributed by atoms with E-state index in [1.807, 2.05) is 72.8 Å². The zero-order valence-electron chi connectivity index (χ0n) is 16.4. The molecule has 0 amide bonds. The summed E-state index contributed by atoms with van der Waals surface area (Å²) in [5, 5.41) is 9.75. The average molecular weight is 496 g/mol. The Morgan fingerprint density at radius 1 is 0.935 bits per heavy atom. The zero-order valence-corrected chi connectivity index (χ0v) is 18.8. The lowest BCUT2D eigenvalue weighted by Crippen LogP contribution is -2.03. The maximum Gasteiger partial charge on any atom is 0.231 e. The van der Waals surface area contributed by atoms with Crippen LogP contribution >= 0.6 is 27.7 Å². The van der Waals surface area contributed by atoms with E-state index in [4.69, 9.17) is 14.2 Å². The summed E-state index contributed by atoms with van der Waals surface area (Å²) in [4.78, 5) is 0. The Morgan fingerprint density at radius 3 is 2.58 bits per heavy atom. The molecule has 0 spiro atoms. The van der Waals surface area contributed by atoms with Crippen LogP contribution in [0.1, 0.15) is 0 Å². The summed E-state index contributed by atoms with van der Waals surface area (Å²) in [6.45, 7) is 0.803. The van der Waals surface area contributed by atoms with E-state index < -0.39 is 0 Å². The number of para-hydroxylation sites is 1. The van der Waals surface area contributed by atoms with Crippen LogP contribution in [0.2, 0.25) is 0 Å². The third kappa shape index (κ3) is 4.40. The van der Waals surface area contributed by atoms with Crippen molar-refractivity contribution in [2.75, 3.05) is 19.2 Å². The van der Waals surface area contributed by atoms with Crippen molar-refractivity contribution in [3.63, 3.8) is 0 Å². The Bertz CT molecular complexity index is 1180. The van der Waals surface area contributed by atoms with Crippen LogP contribution in [0.5, 0.6) is 17.2 Å². The number of thioether (sulfide) groups is 1. The predicted molar refractivity (Wildman–Crippen MR) is 123 cm³/mol. The van der Waals surface area contributed by atoms with Crippen LogP contribution in [0.3, 0.4) is 0 Å². The normalized spacial score (nSPS) is 12.2. The largest absolute Gasteiger partial charge is 0.493 e. The molecule has 0 radical (unpaired) electrons. The van der Waals surface area contributed by atoms with Gasteiger partial charge in [0.1, 0.15) is 5.75 Å². The molecule has 0 saturated heterocycles. The van der Waals surface area contributed by atoms with E-state index in [1.54, 1.807) is 11.8 Å². The molecule has 4 aromatic rings. The second-order valence-corrected chi connectivity index (χ2v) is 8.67. The SMILES string of the molecule is Brc1ccc(OCCSc2nnc(-c3ccc4c(c3)OCO4)n2-c2ccccc2)cc1. The van der Waals surface area contributed by atoms with Gasteiger partial charge in [-0.05, 0) is 54.6 Å². The van der Waals surface area contributed by atoms with Gasteiger partial charge in [-0.2, -0.15) is 0 Å². The van der Waals surface area contributed by atoms with Gasteiger partial charge in [0.05, 0.1) is 6.61 Å². The number of benzene rings is 3. The maximum absolute atomic E-state index is 5.84. The molecule has 0 aliphatic carbocycles. The van der Waals surface area contributed by atoms with E-state index >= 15 is 0 Å². The molecule has 3 aromatic carbocycles. The van der Waals surface area contributed by atoms with Crippen molar-refractivity contribution >= 4 is 27.7 Å². The van der Waals surface area contributed by atoms with Crippen molar-refractivity contribution in [3.8, 4) is 34.3 Å². The molecule has 0 fully saturated rings. The molecule has 6 nitrogen and oxygen atoms in total. The van der Waals surface area contributed by atoms with Gasteiger partial charge >= 0.3 is 0 Å². The molecule has 2 heterocycles. The van der Waals surface area contributed by atoms with Crippen LogP contribution < -0.4 is 14.2 Å². The second kappa shape index (κ2) is 9.03. The summed E-state index contributed by atoms with van der Waals surface area (Å²) >= 11 is 5.04. The summed E-state index contributed by atoms with van der Waals surface area (Å²) in [6.07, 6.45) is 0. The number of nitrogens with zero attached hydrogens (tertiary/aromatic N) is 3. The summed E-state index contributed by atoms with van der Waals surface area (Å²) in [5.74, 6) is 3.80. The van der Waals surface area contributed by atoms with Gasteiger partial charge in [0.25, 0.3) is 0 Å². The van der Waals surface area contributed by atoms with Gasteiger partial charge in [0, 0.05) is 21.5 Å². The van der Waals surface area contributed by atoms with E-state index in [9.17, 15) is 0 Å². The van der Waals surface area contributed by atoms with Crippen LogP contribution in [-0.4, -0.2) is 33.9 Å². The molecule has 156 valence electrons. The second-order valence-electron chi connectivity index (χ2n) is 6.70. The summed E-state index contributed by atoms with van der Waals surface area (Å²) in [5.41, 5.74) is 1.91. The van der Waals surface area contributed by atoms with Gasteiger partial charge in [0.15, 0.2) is 22.5 Å². The highest BCUT2D eigenvalue weighted by atomic mass is 79.9. The first-order valence-corrected chi connectivity index (χ1v) is 11.5. The molecule has 1 aromatic heterocycles. The fourth-order valence-corrected chi connectivity index (χ4v) is 4.25. The van der Waals surface area contributed by atoms with Crippen molar-refractivity contribution in [2.45, 2.75) is 5.16 Å². The van der Waals surface area contributed by atoms with Gasteiger partial charge in [-0.1, -0.05) is 45.9 Å². The Hall–Kier alpha value is -2.97. The van der Waals surface area contributed by atoms with E-state index in [0.717, 1.165) is 49.7 Å². The number of rotatable bonds is 7. The van der Waals surface area contributed by atoms with Gasteiger partial charge in [-0.3, -0.25) is 4.57 Å². The third-order valence-electron chi connectivity index (χ3n) is 4.68. The number of fused-ring (bicyclic) bond motifs is 1. The quantitative estimate of drug-likeness (QED) is 0.245. The first kappa shape index (κ1) is 20.0. The molecule has 0 bridgehead atoms. The Labute approximate surface area is 192 Å².